The molecule has 0 aromatic carbocycles. The lowest BCUT2D eigenvalue weighted by molar-refractivity contribution is -0.246. The van der Waals surface area contributed by atoms with Gasteiger partial charge in [0.1, 0.15) is 0 Å². The van der Waals surface area contributed by atoms with Crippen molar-refractivity contribution < 1.29 is 68.4 Å². The van der Waals surface area contributed by atoms with Crippen molar-refractivity contribution in [2.45, 2.75) is 41.2 Å². The minimum Gasteiger partial charge on any atom is -0.206 e. The van der Waals surface area contributed by atoms with Crippen molar-refractivity contribution in [3.8, 4) is 0 Å². The Morgan fingerprint density at radius 2 is 1.03 bits per heavy atom. The van der Waals surface area contributed by atoms with E-state index in [1.807, 2.05) is 3.63 Å². The van der Waals surface area contributed by atoms with Crippen LogP contribution in [0, 0.1) is 0 Å². The van der Waals surface area contributed by atoms with Gasteiger partial charge in [0.15, 0.2) is 0 Å². The molecular weight excluding hydrogens is 501 g/mol. The third kappa shape index (κ3) is 4.17. The van der Waals surface area contributed by atoms with Gasteiger partial charge in [-0.25, -0.2) is 8.42 Å². The van der Waals surface area contributed by atoms with Crippen molar-refractivity contribution in [2.24, 2.45) is 0 Å². The highest BCUT2D eigenvalue weighted by molar-refractivity contribution is 8.00. The standard InChI is InChI=1S/C9H10F9NO7S3/c10-6(11,7(12,13)27(20,21)19-4-2-1-3-5-19)8(14,15)28(22,23)26-29(24,25)9(16,17)18/h1-5H2. The molecule has 0 aromatic rings. The molecule has 0 atom stereocenters. The van der Waals surface area contributed by atoms with Crippen LogP contribution < -0.4 is 0 Å². The number of rotatable bonds is 7. The molecule has 0 aromatic heterocycles. The maximum atomic E-state index is 13.9. The van der Waals surface area contributed by atoms with Crippen LogP contribution in [0.25, 0.3) is 0 Å². The fraction of sp³-hybridized carbons (Fsp3) is 1.00. The van der Waals surface area contributed by atoms with Gasteiger partial charge in [-0.3, -0.25) is 0 Å². The van der Waals surface area contributed by atoms with Crippen LogP contribution in [0.3, 0.4) is 0 Å². The third-order valence-electron chi connectivity index (χ3n) is 3.49. The van der Waals surface area contributed by atoms with E-state index in [9.17, 15) is 64.8 Å². The van der Waals surface area contributed by atoms with E-state index in [0.717, 1.165) is 0 Å². The molecule has 1 heterocycles. The highest BCUT2D eigenvalue weighted by Gasteiger charge is 2.83. The summed E-state index contributed by atoms with van der Waals surface area (Å²) in [6.07, 6.45) is -0.00726. The van der Waals surface area contributed by atoms with Gasteiger partial charge in [-0.2, -0.15) is 60.7 Å². The summed E-state index contributed by atoms with van der Waals surface area (Å²) in [6, 6.07) is 0. The van der Waals surface area contributed by atoms with Crippen molar-refractivity contribution in [1.29, 1.82) is 0 Å². The Labute approximate surface area is 157 Å². The Morgan fingerprint density at radius 1 is 0.621 bits per heavy atom. The number of halogens is 9. The van der Waals surface area contributed by atoms with E-state index in [1.165, 1.54) is 0 Å². The zero-order valence-electron chi connectivity index (χ0n) is 13.5. The van der Waals surface area contributed by atoms with Gasteiger partial charge in [-0.15, -0.1) is 3.63 Å². The molecule has 0 amide bonds. The van der Waals surface area contributed by atoms with E-state index < -0.39 is 65.3 Å². The molecule has 8 nitrogen and oxygen atoms in total. The summed E-state index contributed by atoms with van der Waals surface area (Å²) in [5, 5.41) is -14.3. The first-order chi connectivity index (χ1) is 12.6. The topological polar surface area (TPSA) is 115 Å². The van der Waals surface area contributed by atoms with E-state index in [1.54, 1.807) is 0 Å². The first-order valence-corrected chi connectivity index (χ1v) is 11.2. The number of nitrogens with zero attached hydrogens (tertiary/aromatic N) is 1. The molecule has 20 heteroatoms. The second-order valence-electron chi connectivity index (χ2n) is 5.49. The van der Waals surface area contributed by atoms with Crippen molar-refractivity contribution in [3.05, 3.63) is 0 Å². The maximum absolute atomic E-state index is 13.9. The molecule has 0 saturated carbocycles. The average Bonchev–Trinajstić information content (AvgIpc) is 2.52. The molecule has 0 bridgehead atoms. The van der Waals surface area contributed by atoms with Crippen LogP contribution in [-0.4, -0.2) is 64.6 Å². The Kier molecular flexibility index (Phi) is 6.66. The van der Waals surface area contributed by atoms with Gasteiger partial charge < -0.3 is 0 Å². The minimum atomic E-state index is -7.99. The lowest BCUT2D eigenvalue weighted by Crippen LogP contribution is -2.63. The number of sulfonamides is 1. The van der Waals surface area contributed by atoms with Gasteiger partial charge in [-0.05, 0) is 12.8 Å². The number of alkyl halides is 9. The molecule has 29 heavy (non-hydrogen) atoms. The Hall–Kier alpha value is -0.860. The molecule has 1 aliphatic heterocycles. The zero-order valence-corrected chi connectivity index (χ0v) is 15.9. The van der Waals surface area contributed by atoms with Gasteiger partial charge >= 0.3 is 42.2 Å². The molecule has 1 saturated heterocycles. The molecule has 1 rings (SSSR count). The highest BCUT2D eigenvalue weighted by Crippen LogP contribution is 2.52. The van der Waals surface area contributed by atoms with Gasteiger partial charge in [0.25, 0.3) is 10.0 Å². The fourth-order valence-electron chi connectivity index (χ4n) is 1.96. The van der Waals surface area contributed by atoms with Crippen LogP contribution >= 0.6 is 0 Å². The summed E-state index contributed by atoms with van der Waals surface area (Å²) in [7, 11) is -22.1. The molecule has 0 N–H and O–H groups in total. The van der Waals surface area contributed by atoms with Crippen LogP contribution in [0.1, 0.15) is 19.3 Å². The Morgan fingerprint density at radius 3 is 1.41 bits per heavy atom. The first kappa shape index (κ1) is 26.2. The van der Waals surface area contributed by atoms with Gasteiger partial charge in [0.05, 0.1) is 0 Å². The van der Waals surface area contributed by atoms with Crippen LogP contribution in [0.2, 0.25) is 0 Å². The van der Waals surface area contributed by atoms with E-state index in [4.69, 9.17) is 0 Å². The number of hydrogen-bond acceptors (Lipinski definition) is 7. The fourth-order valence-corrected chi connectivity index (χ4v) is 5.57. The summed E-state index contributed by atoms with van der Waals surface area (Å²) in [6.45, 7) is -1.63. The number of hydrogen-bond donors (Lipinski definition) is 0. The van der Waals surface area contributed by atoms with E-state index in [2.05, 4.69) is 0 Å². The maximum Gasteiger partial charge on any atom is 0.524 e. The third-order valence-corrected chi connectivity index (χ3v) is 8.32. The summed E-state index contributed by atoms with van der Waals surface area (Å²) < 4.78 is 187. The number of piperidine rings is 1. The Balaban J connectivity index is 3.47. The predicted molar refractivity (Wildman–Crippen MR) is 74.2 cm³/mol. The van der Waals surface area contributed by atoms with Crippen molar-refractivity contribution in [3.63, 3.8) is 0 Å². The van der Waals surface area contributed by atoms with Crippen LogP contribution in [0.4, 0.5) is 39.5 Å². The zero-order chi connectivity index (χ0) is 23.3. The quantitative estimate of drug-likeness (QED) is 0.378. The molecule has 1 aliphatic rings. The molecule has 0 radical (unpaired) electrons. The largest absolute Gasteiger partial charge is 0.524 e. The highest BCUT2D eigenvalue weighted by atomic mass is 32.3. The predicted octanol–water partition coefficient (Wildman–Crippen LogP) is 1.82. The monoisotopic (exact) mass is 511 g/mol. The molecule has 0 unspecified atom stereocenters. The lowest BCUT2D eigenvalue weighted by atomic mass is 10.2. The first-order valence-electron chi connectivity index (χ1n) is 6.96. The van der Waals surface area contributed by atoms with Crippen LogP contribution in [0.5, 0.6) is 0 Å². The summed E-state index contributed by atoms with van der Waals surface area (Å²) in [5.74, 6) is -7.43. The molecule has 0 aliphatic carbocycles. The smallest absolute Gasteiger partial charge is 0.206 e. The normalized spacial score (nSPS) is 19.3. The van der Waals surface area contributed by atoms with Gasteiger partial charge in [0, 0.05) is 13.1 Å². The summed E-state index contributed by atoms with van der Waals surface area (Å²) in [4.78, 5) is 0. The SMILES string of the molecule is O=S(=O)(OS(=O)(=O)C(F)(F)C(F)(F)C(F)(F)S(=O)(=O)N1CCCCC1)C(F)(F)F. The molecule has 1 fully saturated rings. The van der Waals surface area contributed by atoms with E-state index >= 15 is 0 Å². The minimum absolute atomic E-state index is 0.136. The van der Waals surface area contributed by atoms with E-state index in [-0.39, 0.29) is 23.6 Å². The van der Waals surface area contributed by atoms with Crippen molar-refractivity contribution in [1.82, 2.24) is 4.31 Å². The second kappa shape index (κ2) is 7.38. The summed E-state index contributed by atoms with van der Waals surface area (Å²) in [5.41, 5.74) is -6.71. The van der Waals surface area contributed by atoms with E-state index in [0.29, 0.717) is 0 Å². The van der Waals surface area contributed by atoms with Crippen molar-refractivity contribution >= 4 is 30.3 Å². The Bertz CT molecular complexity index is 934. The lowest BCUT2D eigenvalue weighted by Gasteiger charge is -2.35. The molecule has 0 spiro atoms. The van der Waals surface area contributed by atoms with Gasteiger partial charge in [-0.1, -0.05) is 6.42 Å². The molecule has 174 valence electrons. The average molecular weight is 511 g/mol. The summed E-state index contributed by atoms with van der Waals surface area (Å²) >= 11 is 0. The van der Waals surface area contributed by atoms with Crippen LogP contribution in [-0.2, 0) is 33.9 Å². The molecular formula is C9H10F9NO7S3. The second-order valence-corrected chi connectivity index (χ2v) is 10.8. The van der Waals surface area contributed by atoms with Crippen molar-refractivity contribution in [2.75, 3.05) is 13.1 Å². The van der Waals surface area contributed by atoms with Gasteiger partial charge in [0.2, 0.25) is 0 Å². The van der Waals surface area contributed by atoms with Crippen LogP contribution in [0.15, 0.2) is 0 Å².